The average molecular weight is 287 g/mol. The number of sulfone groups is 1. The highest BCUT2D eigenvalue weighted by atomic mass is 32.2. The van der Waals surface area contributed by atoms with Crippen LogP contribution in [0.15, 0.2) is 17.0 Å². The lowest BCUT2D eigenvalue weighted by molar-refractivity contribution is 0.447. The van der Waals surface area contributed by atoms with Crippen LogP contribution in [0.25, 0.3) is 0 Å². The summed E-state index contributed by atoms with van der Waals surface area (Å²) in [5.74, 6) is -2.10. The third kappa shape index (κ3) is 2.17. The predicted octanol–water partition coefficient (Wildman–Crippen LogP) is 2.32. The summed E-state index contributed by atoms with van der Waals surface area (Å²) in [6, 6.07) is 2.00. The molecule has 1 aromatic carbocycles. The number of halogens is 2. The number of fused-ring (bicyclic) bond motifs is 1. The van der Waals surface area contributed by atoms with Crippen molar-refractivity contribution in [2.75, 3.05) is 0 Å². The highest BCUT2D eigenvalue weighted by molar-refractivity contribution is 7.92. The van der Waals surface area contributed by atoms with Crippen molar-refractivity contribution in [3.63, 3.8) is 0 Å². The van der Waals surface area contributed by atoms with Gasteiger partial charge in [0.25, 0.3) is 0 Å². The predicted molar refractivity (Wildman–Crippen MR) is 66.5 cm³/mol. The van der Waals surface area contributed by atoms with Crippen molar-refractivity contribution in [1.29, 1.82) is 0 Å². The van der Waals surface area contributed by atoms with Crippen molar-refractivity contribution in [3.05, 3.63) is 29.3 Å². The molecule has 0 bridgehead atoms. The van der Waals surface area contributed by atoms with Crippen molar-refractivity contribution in [1.82, 2.24) is 5.32 Å². The Hall–Kier alpha value is -1.01. The monoisotopic (exact) mass is 287 g/mol. The van der Waals surface area contributed by atoms with Gasteiger partial charge in [0.05, 0.1) is 10.1 Å². The van der Waals surface area contributed by atoms with Gasteiger partial charge >= 0.3 is 0 Å². The summed E-state index contributed by atoms with van der Waals surface area (Å²) < 4.78 is 51.1. The third-order valence-electron chi connectivity index (χ3n) is 3.85. The topological polar surface area (TPSA) is 46.2 Å². The van der Waals surface area contributed by atoms with Gasteiger partial charge in [0, 0.05) is 12.1 Å². The zero-order chi connectivity index (χ0) is 13.8. The second-order valence-electron chi connectivity index (χ2n) is 5.39. The fraction of sp³-hybridized carbons (Fsp3) is 0.538. The van der Waals surface area contributed by atoms with E-state index in [4.69, 9.17) is 0 Å². The van der Waals surface area contributed by atoms with Gasteiger partial charge in [-0.2, -0.15) is 0 Å². The first-order valence-corrected chi connectivity index (χ1v) is 7.93. The van der Waals surface area contributed by atoms with E-state index in [9.17, 15) is 17.2 Å². The van der Waals surface area contributed by atoms with Crippen LogP contribution in [0.3, 0.4) is 0 Å². The lowest BCUT2D eigenvalue weighted by atomic mass is 10.0. The van der Waals surface area contributed by atoms with Gasteiger partial charge < -0.3 is 5.32 Å². The molecule has 1 aliphatic carbocycles. The number of hydrogen-bond acceptors (Lipinski definition) is 3. The largest absolute Gasteiger partial charge is 0.307 e. The number of rotatable bonds is 2. The first-order valence-electron chi connectivity index (χ1n) is 6.38. The maximum atomic E-state index is 13.4. The molecule has 0 spiro atoms. The van der Waals surface area contributed by atoms with Crippen LogP contribution in [0.2, 0.25) is 0 Å². The van der Waals surface area contributed by atoms with E-state index in [1.807, 2.05) is 0 Å². The van der Waals surface area contributed by atoms with Crippen molar-refractivity contribution < 1.29 is 17.2 Å². The first kappa shape index (κ1) is 13.0. The molecule has 1 fully saturated rings. The fourth-order valence-corrected chi connectivity index (χ4v) is 4.23. The summed E-state index contributed by atoms with van der Waals surface area (Å²) in [6.45, 7) is 1.61. The van der Waals surface area contributed by atoms with Gasteiger partial charge in [-0.3, -0.25) is 0 Å². The van der Waals surface area contributed by atoms with E-state index in [0.29, 0.717) is 18.0 Å². The minimum absolute atomic E-state index is 0.0664. The Morgan fingerprint density at radius 2 is 1.84 bits per heavy atom. The molecule has 104 valence electrons. The van der Waals surface area contributed by atoms with Gasteiger partial charge in [-0.1, -0.05) is 0 Å². The van der Waals surface area contributed by atoms with E-state index in [1.54, 1.807) is 6.92 Å². The molecule has 0 amide bonds. The lowest BCUT2D eigenvalue weighted by Crippen LogP contribution is -2.35. The second-order valence-corrected chi connectivity index (χ2v) is 7.72. The molecule has 1 N–H and O–H groups in total. The van der Waals surface area contributed by atoms with Crippen LogP contribution >= 0.6 is 0 Å². The first-order chi connectivity index (χ1) is 8.89. The summed E-state index contributed by atoms with van der Waals surface area (Å²) in [5, 5.41) is 2.73. The Morgan fingerprint density at radius 1 is 1.21 bits per heavy atom. The van der Waals surface area contributed by atoms with Crippen molar-refractivity contribution in [3.8, 4) is 0 Å². The number of benzene rings is 1. The summed E-state index contributed by atoms with van der Waals surface area (Å²) in [6.07, 6.45) is 2.50. The number of hydrogen-bond donors (Lipinski definition) is 1. The minimum atomic E-state index is -3.55. The molecule has 2 aliphatic rings. The van der Waals surface area contributed by atoms with Crippen LogP contribution in [0.5, 0.6) is 0 Å². The molecule has 1 heterocycles. The van der Waals surface area contributed by atoms with Crippen LogP contribution in [0.1, 0.15) is 37.8 Å². The molecule has 1 saturated carbocycles. The molecule has 0 aromatic heterocycles. The van der Waals surface area contributed by atoms with Crippen molar-refractivity contribution >= 4 is 9.84 Å². The zero-order valence-corrected chi connectivity index (χ0v) is 11.3. The molecule has 3 nitrogen and oxygen atoms in total. The van der Waals surface area contributed by atoms with Crippen molar-refractivity contribution in [2.45, 2.75) is 48.4 Å². The van der Waals surface area contributed by atoms with Gasteiger partial charge in [-0.15, -0.1) is 0 Å². The summed E-state index contributed by atoms with van der Waals surface area (Å²) >= 11 is 0. The Labute approximate surface area is 110 Å². The fourth-order valence-electron chi connectivity index (χ4n) is 2.56. The summed E-state index contributed by atoms with van der Waals surface area (Å²) in [7, 11) is -3.55. The van der Waals surface area contributed by atoms with E-state index >= 15 is 0 Å². The van der Waals surface area contributed by atoms with Crippen LogP contribution in [-0.2, 0) is 9.84 Å². The van der Waals surface area contributed by atoms with E-state index < -0.39 is 26.7 Å². The maximum Gasteiger partial charge on any atom is 0.181 e. The van der Waals surface area contributed by atoms with Gasteiger partial charge in [0.1, 0.15) is 0 Å². The van der Waals surface area contributed by atoms with Crippen LogP contribution < -0.4 is 5.32 Å². The molecule has 0 saturated heterocycles. The minimum Gasteiger partial charge on any atom is -0.307 e. The molecule has 3 rings (SSSR count). The second kappa shape index (κ2) is 4.24. The molecule has 1 aliphatic heterocycles. The summed E-state index contributed by atoms with van der Waals surface area (Å²) in [5.41, 5.74) is 0.365. The van der Waals surface area contributed by atoms with Gasteiger partial charge in [-0.05, 0) is 43.9 Å². The van der Waals surface area contributed by atoms with E-state index in [0.717, 1.165) is 25.0 Å². The molecular weight excluding hydrogens is 272 g/mol. The smallest absolute Gasteiger partial charge is 0.181 e. The normalized spacial score (nSPS) is 29.0. The van der Waals surface area contributed by atoms with Gasteiger partial charge in [-0.25, -0.2) is 17.2 Å². The van der Waals surface area contributed by atoms with E-state index in [1.165, 1.54) is 0 Å². The Kier molecular flexibility index (Phi) is 2.90. The Bertz CT molecular complexity index is 626. The van der Waals surface area contributed by atoms with Crippen LogP contribution in [-0.4, -0.2) is 19.7 Å². The molecule has 2 unspecified atom stereocenters. The SMILES string of the molecule is CC1CC(NC2CC2)c2cc(F)c(F)cc2S1(=O)=O. The highest BCUT2D eigenvalue weighted by Crippen LogP contribution is 2.39. The Morgan fingerprint density at radius 3 is 2.47 bits per heavy atom. The standard InChI is InChI=1S/C13H15F2NO2S/c1-7-4-12(16-8-2-3-8)9-5-10(14)11(15)6-13(9)19(7,17)18/h5-8,12,16H,2-4H2,1H3. The van der Waals surface area contributed by atoms with Gasteiger partial charge in [0.15, 0.2) is 21.5 Å². The van der Waals surface area contributed by atoms with E-state index in [2.05, 4.69) is 5.32 Å². The third-order valence-corrected chi connectivity index (χ3v) is 6.06. The van der Waals surface area contributed by atoms with Crippen molar-refractivity contribution in [2.24, 2.45) is 0 Å². The number of nitrogens with one attached hydrogen (secondary N) is 1. The Balaban J connectivity index is 2.12. The molecule has 6 heteroatoms. The molecule has 19 heavy (non-hydrogen) atoms. The quantitative estimate of drug-likeness (QED) is 0.849. The molecule has 0 radical (unpaired) electrons. The molecular formula is C13H15F2NO2S. The van der Waals surface area contributed by atoms with Crippen LogP contribution in [0.4, 0.5) is 8.78 Å². The lowest BCUT2D eigenvalue weighted by Gasteiger charge is -2.30. The van der Waals surface area contributed by atoms with Gasteiger partial charge in [0.2, 0.25) is 0 Å². The molecule has 1 aromatic rings. The van der Waals surface area contributed by atoms with Crippen LogP contribution in [0, 0.1) is 11.6 Å². The zero-order valence-electron chi connectivity index (χ0n) is 10.5. The average Bonchev–Trinajstić information content (AvgIpc) is 3.13. The summed E-state index contributed by atoms with van der Waals surface area (Å²) in [4.78, 5) is -0.0664. The van der Waals surface area contributed by atoms with E-state index in [-0.39, 0.29) is 10.9 Å². The molecule has 2 atom stereocenters. The highest BCUT2D eigenvalue weighted by Gasteiger charge is 2.39. The maximum absolute atomic E-state index is 13.4.